The number of carbonyl (C=O) groups is 1. The van der Waals surface area contributed by atoms with E-state index in [1.54, 1.807) is 6.07 Å². The lowest BCUT2D eigenvalue weighted by molar-refractivity contribution is 0.0897. The van der Waals surface area contributed by atoms with Crippen LogP contribution in [0.25, 0.3) is 0 Å². The van der Waals surface area contributed by atoms with Crippen LogP contribution in [0.4, 0.5) is 0 Å². The van der Waals surface area contributed by atoms with Crippen molar-refractivity contribution in [1.29, 1.82) is 0 Å². The normalized spacial score (nSPS) is 18.6. The lowest BCUT2D eigenvalue weighted by Gasteiger charge is -2.32. The monoisotopic (exact) mass is 209 g/mol. The Hall–Kier alpha value is -1.02. The second-order valence-electron chi connectivity index (χ2n) is 4.28. The second kappa shape index (κ2) is 2.99. The van der Waals surface area contributed by atoms with Gasteiger partial charge in [-0.1, -0.05) is 17.7 Å². The molecule has 0 saturated heterocycles. The molecule has 0 atom stereocenters. The van der Waals surface area contributed by atoms with Crippen LogP contribution in [0.1, 0.15) is 29.8 Å². The Kier molecular flexibility index (Phi) is 2.04. The topological polar surface area (TPSA) is 29.1 Å². The molecule has 0 bridgehead atoms. The van der Waals surface area contributed by atoms with Gasteiger partial charge in [0, 0.05) is 16.1 Å². The fraction of sp³-hybridized carbons (Fsp3) is 0.364. The van der Waals surface area contributed by atoms with Crippen molar-refractivity contribution in [3.63, 3.8) is 0 Å². The molecule has 0 fully saturated rings. The first-order valence-electron chi connectivity index (χ1n) is 4.59. The Morgan fingerprint density at radius 2 is 2.14 bits per heavy atom. The third-order valence-corrected chi connectivity index (χ3v) is 2.79. The quantitative estimate of drug-likeness (QED) is 0.699. The van der Waals surface area contributed by atoms with Crippen molar-refractivity contribution >= 4 is 17.5 Å². The van der Waals surface area contributed by atoms with Gasteiger partial charge in [0.05, 0.1) is 0 Å². The highest BCUT2D eigenvalue weighted by molar-refractivity contribution is 6.32. The molecular weight excluding hydrogens is 198 g/mol. The molecule has 0 unspecified atom stereocenters. The molecule has 3 heteroatoms. The Bertz CT molecular complexity index is 398. The predicted octanol–water partition coefficient (Wildman–Crippen LogP) is 2.40. The van der Waals surface area contributed by atoms with Gasteiger partial charge in [0.1, 0.15) is 0 Å². The number of fused-ring (bicyclic) bond motifs is 1. The van der Waals surface area contributed by atoms with Crippen LogP contribution in [0.5, 0.6) is 0 Å². The highest BCUT2D eigenvalue weighted by atomic mass is 35.5. The van der Waals surface area contributed by atoms with Crippen molar-refractivity contribution in [2.75, 3.05) is 0 Å². The van der Waals surface area contributed by atoms with E-state index >= 15 is 0 Å². The number of nitrogens with one attached hydrogen (secondary N) is 1. The molecule has 0 aromatic heterocycles. The van der Waals surface area contributed by atoms with Gasteiger partial charge in [-0.2, -0.15) is 0 Å². The number of benzene rings is 1. The molecule has 2 nitrogen and oxygen atoms in total. The van der Waals surface area contributed by atoms with E-state index in [9.17, 15) is 4.79 Å². The predicted molar refractivity (Wildman–Crippen MR) is 56.7 cm³/mol. The summed E-state index contributed by atoms with van der Waals surface area (Å²) in [5.41, 5.74) is 1.47. The summed E-state index contributed by atoms with van der Waals surface area (Å²) in [4.78, 5) is 11.7. The van der Waals surface area contributed by atoms with E-state index in [-0.39, 0.29) is 11.4 Å². The molecule has 2 rings (SSSR count). The molecule has 1 aliphatic heterocycles. The minimum absolute atomic E-state index is 0.0289. The van der Waals surface area contributed by atoms with E-state index in [2.05, 4.69) is 5.32 Å². The highest BCUT2D eigenvalue weighted by Gasteiger charge is 2.30. The maximum absolute atomic E-state index is 11.7. The summed E-state index contributed by atoms with van der Waals surface area (Å²) in [5.74, 6) is -0.0289. The van der Waals surface area contributed by atoms with E-state index < -0.39 is 0 Å². The van der Waals surface area contributed by atoms with Crippen LogP contribution in [0.3, 0.4) is 0 Å². The zero-order valence-corrected chi connectivity index (χ0v) is 8.98. The molecule has 1 heterocycles. The van der Waals surface area contributed by atoms with Gasteiger partial charge >= 0.3 is 0 Å². The first-order valence-corrected chi connectivity index (χ1v) is 4.97. The third-order valence-electron chi connectivity index (χ3n) is 2.43. The van der Waals surface area contributed by atoms with Gasteiger partial charge in [-0.15, -0.1) is 0 Å². The first kappa shape index (κ1) is 9.53. The maximum Gasteiger partial charge on any atom is 0.252 e. The van der Waals surface area contributed by atoms with E-state index in [4.69, 9.17) is 11.6 Å². The summed E-state index contributed by atoms with van der Waals surface area (Å²) in [5, 5.41) is 3.63. The Morgan fingerprint density at radius 3 is 2.86 bits per heavy atom. The van der Waals surface area contributed by atoms with E-state index in [1.807, 2.05) is 26.0 Å². The number of amides is 1. The number of hydrogen-bond acceptors (Lipinski definition) is 1. The molecule has 0 spiro atoms. The number of carbonyl (C=O) groups excluding carboxylic acids is 1. The Labute approximate surface area is 88.3 Å². The fourth-order valence-electron chi connectivity index (χ4n) is 1.81. The summed E-state index contributed by atoms with van der Waals surface area (Å²) in [6.07, 6.45) is 0.785. The number of rotatable bonds is 0. The smallest absolute Gasteiger partial charge is 0.252 e. The van der Waals surface area contributed by atoms with Crippen LogP contribution >= 0.6 is 11.6 Å². The van der Waals surface area contributed by atoms with Gasteiger partial charge in [0.2, 0.25) is 0 Å². The first-order chi connectivity index (χ1) is 6.49. The van der Waals surface area contributed by atoms with Crippen LogP contribution in [-0.2, 0) is 6.42 Å². The molecule has 1 amide bonds. The van der Waals surface area contributed by atoms with Gasteiger partial charge in [-0.3, -0.25) is 4.79 Å². The zero-order chi connectivity index (χ0) is 10.3. The fourth-order valence-corrected chi connectivity index (χ4v) is 2.05. The third kappa shape index (κ3) is 1.50. The Balaban J connectivity index is 2.56. The van der Waals surface area contributed by atoms with Gasteiger partial charge in [-0.25, -0.2) is 0 Å². The maximum atomic E-state index is 11.7. The van der Waals surface area contributed by atoms with Gasteiger partial charge in [0.25, 0.3) is 5.91 Å². The highest BCUT2D eigenvalue weighted by Crippen LogP contribution is 2.28. The summed E-state index contributed by atoms with van der Waals surface area (Å²) >= 11 is 6.05. The summed E-state index contributed by atoms with van der Waals surface area (Å²) < 4.78 is 0. The van der Waals surface area contributed by atoms with Crippen molar-refractivity contribution in [3.8, 4) is 0 Å². The second-order valence-corrected chi connectivity index (χ2v) is 4.69. The van der Waals surface area contributed by atoms with E-state index in [0.717, 1.165) is 12.0 Å². The largest absolute Gasteiger partial charge is 0.347 e. The van der Waals surface area contributed by atoms with E-state index in [1.165, 1.54) is 0 Å². The summed E-state index contributed by atoms with van der Waals surface area (Å²) in [6.45, 7) is 3.99. The molecule has 0 radical (unpaired) electrons. The molecule has 0 aliphatic carbocycles. The van der Waals surface area contributed by atoms with Crippen LogP contribution in [0.15, 0.2) is 18.2 Å². The van der Waals surface area contributed by atoms with Crippen molar-refractivity contribution in [1.82, 2.24) is 5.32 Å². The molecular formula is C11H12ClNO. The molecule has 1 aliphatic rings. The van der Waals surface area contributed by atoms with Gasteiger partial charge in [0.15, 0.2) is 0 Å². The van der Waals surface area contributed by atoms with Crippen LogP contribution in [0, 0.1) is 0 Å². The minimum Gasteiger partial charge on any atom is -0.347 e. The number of halogens is 1. The van der Waals surface area contributed by atoms with E-state index in [0.29, 0.717) is 10.6 Å². The van der Waals surface area contributed by atoms with Crippen molar-refractivity contribution in [3.05, 3.63) is 34.3 Å². The minimum atomic E-state index is -0.199. The molecule has 1 N–H and O–H groups in total. The zero-order valence-electron chi connectivity index (χ0n) is 8.23. The summed E-state index contributed by atoms with van der Waals surface area (Å²) in [6, 6.07) is 5.44. The van der Waals surface area contributed by atoms with Crippen LogP contribution in [0.2, 0.25) is 5.02 Å². The molecule has 1 aromatic carbocycles. The van der Waals surface area contributed by atoms with Crippen molar-refractivity contribution < 1.29 is 4.79 Å². The van der Waals surface area contributed by atoms with Crippen molar-refractivity contribution in [2.45, 2.75) is 25.8 Å². The standard InChI is InChI=1S/C11H12ClNO/c1-11(2)6-8-7(10(14)13-11)4-3-5-9(8)12/h3-5H,6H2,1-2H3,(H,13,14). The average Bonchev–Trinajstić information content (AvgIpc) is 2.05. The lowest BCUT2D eigenvalue weighted by atomic mass is 9.87. The average molecular weight is 210 g/mol. The summed E-state index contributed by atoms with van der Waals surface area (Å²) in [7, 11) is 0. The lowest BCUT2D eigenvalue weighted by Crippen LogP contribution is -2.49. The van der Waals surface area contributed by atoms with Crippen LogP contribution < -0.4 is 5.32 Å². The molecule has 14 heavy (non-hydrogen) atoms. The number of hydrogen-bond donors (Lipinski definition) is 1. The molecule has 0 saturated carbocycles. The SMILES string of the molecule is CC1(C)Cc2c(Cl)cccc2C(=O)N1. The molecule has 1 aromatic rings. The van der Waals surface area contributed by atoms with Crippen LogP contribution in [-0.4, -0.2) is 11.4 Å². The Morgan fingerprint density at radius 1 is 1.43 bits per heavy atom. The molecule has 74 valence electrons. The van der Waals surface area contributed by atoms with Gasteiger partial charge < -0.3 is 5.32 Å². The van der Waals surface area contributed by atoms with Gasteiger partial charge in [-0.05, 0) is 38.0 Å². The van der Waals surface area contributed by atoms with Crippen molar-refractivity contribution in [2.24, 2.45) is 0 Å².